The van der Waals surface area contributed by atoms with Crippen LogP contribution in [0.25, 0.3) is 0 Å². The van der Waals surface area contributed by atoms with E-state index >= 15 is 0 Å². The second-order valence-corrected chi connectivity index (χ2v) is 4.73. The second-order valence-electron chi connectivity index (χ2n) is 4.42. The van der Waals surface area contributed by atoms with Crippen molar-refractivity contribution in [1.82, 2.24) is 9.13 Å². The molecule has 0 saturated carbocycles. The molecule has 0 amide bonds. The molecule has 1 rings (SSSR count). The van der Waals surface area contributed by atoms with Crippen LogP contribution in [0, 0.1) is 16.0 Å². The van der Waals surface area contributed by atoms with Crippen LogP contribution in [-0.2, 0) is 13.1 Å². The lowest BCUT2D eigenvalue weighted by Crippen LogP contribution is -2.41. The lowest BCUT2D eigenvalue weighted by molar-refractivity contribution is -0.387. The lowest BCUT2D eigenvalue weighted by atomic mass is 10.2. The van der Waals surface area contributed by atoms with E-state index in [1.54, 1.807) is 6.92 Å². The van der Waals surface area contributed by atoms with Gasteiger partial charge in [-0.25, -0.2) is 4.79 Å². The summed E-state index contributed by atoms with van der Waals surface area (Å²) in [4.78, 5) is 34.0. The van der Waals surface area contributed by atoms with E-state index in [4.69, 9.17) is 11.6 Å². The van der Waals surface area contributed by atoms with Crippen LogP contribution in [0.2, 0.25) is 0 Å². The summed E-state index contributed by atoms with van der Waals surface area (Å²) < 4.78 is 2.08. The first-order valence-corrected chi connectivity index (χ1v) is 6.50. The first-order chi connectivity index (χ1) is 8.92. The Labute approximate surface area is 114 Å². The number of nitrogens with zero attached hydrogens (tertiary/aromatic N) is 3. The van der Waals surface area contributed by atoms with Gasteiger partial charge in [0.05, 0.1) is 11.1 Å². The van der Waals surface area contributed by atoms with E-state index in [1.165, 1.54) is 4.57 Å². The zero-order valence-electron chi connectivity index (χ0n) is 10.8. The van der Waals surface area contributed by atoms with E-state index in [0.29, 0.717) is 13.0 Å². The van der Waals surface area contributed by atoms with Gasteiger partial charge in [0.25, 0.3) is 0 Å². The van der Waals surface area contributed by atoms with Crippen LogP contribution in [-0.4, -0.2) is 19.9 Å². The summed E-state index contributed by atoms with van der Waals surface area (Å²) in [6.45, 7) is 4.01. The summed E-state index contributed by atoms with van der Waals surface area (Å²) in [5.74, 6) is 0.145. The average Bonchev–Trinajstić information content (AvgIpc) is 2.37. The Hall–Kier alpha value is -1.63. The van der Waals surface area contributed by atoms with Gasteiger partial charge >= 0.3 is 16.9 Å². The van der Waals surface area contributed by atoms with Crippen molar-refractivity contribution >= 4 is 17.3 Å². The predicted molar refractivity (Wildman–Crippen MR) is 71.8 cm³/mol. The molecule has 0 saturated heterocycles. The Bertz CT molecular complexity index is 578. The molecule has 8 heteroatoms. The fraction of sp³-hybridized carbons (Fsp3) is 0.636. The molecule has 0 bridgehead atoms. The maximum absolute atomic E-state index is 12.1. The normalized spacial score (nSPS) is 12.4. The molecule has 0 aliphatic heterocycles. The highest BCUT2D eigenvalue weighted by molar-refractivity contribution is 6.18. The highest BCUT2D eigenvalue weighted by Crippen LogP contribution is 2.04. The summed E-state index contributed by atoms with van der Waals surface area (Å²) in [5.41, 5.74) is -2.00. The van der Waals surface area contributed by atoms with Gasteiger partial charge in [0.1, 0.15) is 0 Å². The number of alkyl halides is 1. The molecule has 0 N–H and O–H groups in total. The SMILES string of the molecule is CCCn1cc([N+](=O)[O-])c(=O)n(CC(C)CCl)c1=O. The Balaban J connectivity index is 3.45. The van der Waals surface area contributed by atoms with Crippen LogP contribution in [0.5, 0.6) is 0 Å². The summed E-state index contributed by atoms with van der Waals surface area (Å²) in [6, 6.07) is 0. The van der Waals surface area contributed by atoms with Gasteiger partial charge in [0.15, 0.2) is 0 Å². The minimum atomic E-state index is -0.876. The summed E-state index contributed by atoms with van der Waals surface area (Å²) in [6.07, 6.45) is 1.65. The smallest absolute Gasteiger partial charge is 0.293 e. The van der Waals surface area contributed by atoms with Crippen molar-refractivity contribution in [3.05, 3.63) is 37.1 Å². The van der Waals surface area contributed by atoms with Crippen LogP contribution in [0.4, 0.5) is 5.69 Å². The molecule has 106 valence electrons. The molecular formula is C11H16ClN3O4. The van der Waals surface area contributed by atoms with Gasteiger partial charge < -0.3 is 0 Å². The molecule has 1 aromatic heterocycles. The summed E-state index contributed by atoms with van der Waals surface area (Å²) in [7, 11) is 0. The maximum atomic E-state index is 12.1. The Morgan fingerprint density at radius 1 is 1.47 bits per heavy atom. The highest BCUT2D eigenvalue weighted by atomic mass is 35.5. The monoisotopic (exact) mass is 289 g/mol. The van der Waals surface area contributed by atoms with Gasteiger partial charge in [-0.1, -0.05) is 13.8 Å². The van der Waals surface area contributed by atoms with Gasteiger partial charge in [-0.3, -0.25) is 24.0 Å². The van der Waals surface area contributed by atoms with Crippen LogP contribution in [0.3, 0.4) is 0 Å². The van der Waals surface area contributed by atoms with Crippen molar-refractivity contribution in [2.45, 2.75) is 33.4 Å². The Morgan fingerprint density at radius 2 is 2.11 bits per heavy atom. The maximum Gasteiger partial charge on any atom is 0.350 e. The number of halogens is 1. The van der Waals surface area contributed by atoms with Crippen LogP contribution in [0.1, 0.15) is 20.3 Å². The minimum Gasteiger partial charge on any atom is -0.293 e. The number of rotatable bonds is 6. The molecule has 7 nitrogen and oxygen atoms in total. The molecule has 0 radical (unpaired) electrons. The van der Waals surface area contributed by atoms with Gasteiger partial charge in [-0.2, -0.15) is 0 Å². The quantitative estimate of drug-likeness (QED) is 0.447. The zero-order chi connectivity index (χ0) is 14.6. The molecule has 1 aromatic rings. The zero-order valence-corrected chi connectivity index (χ0v) is 11.6. The molecule has 0 spiro atoms. The molecule has 19 heavy (non-hydrogen) atoms. The van der Waals surface area contributed by atoms with Crippen molar-refractivity contribution in [3.63, 3.8) is 0 Å². The summed E-state index contributed by atoms with van der Waals surface area (Å²) in [5, 5.41) is 10.8. The third-order valence-corrected chi connectivity index (χ3v) is 3.16. The van der Waals surface area contributed by atoms with E-state index in [2.05, 4.69) is 0 Å². The molecule has 0 fully saturated rings. The fourth-order valence-corrected chi connectivity index (χ4v) is 1.78. The molecule has 1 atom stereocenters. The van der Waals surface area contributed by atoms with E-state index in [0.717, 1.165) is 10.8 Å². The molecular weight excluding hydrogens is 274 g/mol. The van der Waals surface area contributed by atoms with Crippen molar-refractivity contribution in [3.8, 4) is 0 Å². The molecule has 1 heterocycles. The van der Waals surface area contributed by atoms with Crippen molar-refractivity contribution in [2.75, 3.05) is 5.88 Å². The average molecular weight is 290 g/mol. The lowest BCUT2D eigenvalue weighted by Gasteiger charge is -2.12. The first-order valence-electron chi connectivity index (χ1n) is 5.97. The standard InChI is InChI=1S/C11H16ClN3O4/c1-3-4-13-7-9(15(18)19)10(16)14(11(13)17)6-8(2)5-12/h7-8H,3-6H2,1-2H3. The number of hydrogen-bond donors (Lipinski definition) is 0. The van der Waals surface area contributed by atoms with Crippen LogP contribution in [0.15, 0.2) is 15.8 Å². The number of aromatic nitrogens is 2. The predicted octanol–water partition coefficient (Wildman–Crippen LogP) is 1.20. The number of nitro groups is 1. The molecule has 0 aromatic carbocycles. The molecule has 0 aliphatic carbocycles. The Morgan fingerprint density at radius 3 is 2.58 bits per heavy atom. The van der Waals surface area contributed by atoms with E-state index < -0.39 is 21.9 Å². The van der Waals surface area contributed by atoms with E-state index in [-0.39, 0.29) is 18.3 Å². The van der Waals surface area contributed by atoms with Gasteiger partial charge in [0.2, 0.25) is 0 Å². The molecule has 0 aliphatic rings. The van der Waals surface area contributed by atoms with Crippen molar-refractivity contribution in [2.24, 2.45) is 5.92 Å². The topological polar surface area (TPSA) is 87.1 Å². The number of hydrogen-bond acceptors (Lipinski definition) is 4. The molecule has 1 unspecified atom stereocenters. The number of aryl methyl sites for hydroxylation is 1. The Kier molecular flexibility index (Phi) is 5.29. The van der Waals surface area contributed by atoms with Crippen LogP contribution < -0.4 is 11.2 Å². The fourth-order valence-electron chi connectivity index (χ4n) is 1.69. The largest absolute Gasteiger partial charge is 0.350 e. The van der Waals surface area contributed by atoms with Crippen LogP contribution >= 0.6 is 11.6 Å². The second kappa shape index (κ2) is 6.51. The van der Waals surface area contributed by atoms with Gasteiger partial charge in [-0.15, -0.1) is 11.6 Å². The highest BCUT2D eigenvalue weighted by Gasteiger charge is 2.20. The minimum absolute atomic E-state index is 0.0760. The third-order valence-electron chi connectivity index (χ3n) is 2.64. The van der Waals surface area contributed by atoms with E-state index in [9.17, 15) is 19.7 Å². The van der Waals surface area contributed by atoms with E-state index in [1.807, 2.05) is 6.92 Å². The van der Waals surface area contributed by atoms with Crippen molar-refractivity contribution < 1.29 is 4.92 Å². The third kappa shape index (κ3) is 3.44. The van der Waals surface area contributed by atoms with Gasteiger partial charge in [-0.05, 0) is 12.3 Å². The summed E-state index contributed by atoms with van der Waals surface area (Å²) >= 11 is 5.65. The van der Waals surface area contributed by atoms with Gasteiger partial charge in [0, 0.05) is 19.0 Å². The van der Waals surface area contributed by atoms with Crippen molar-refractivity contribution in [1.29, 1.82) is 0 Å². The first kappa shape index (κ1) is 15.4.